The van der Waals surface area contributed by atoms with E-state index >= 15 is 0 Å². The third kappa shape index (κ3) is 2.20. The fraction of sp³-hybridized carbons (Fsp3) is 0.200. The minimum atomic E-state index is -0.479. The van der Waals surface area contributed by atoms with Crippen molar-refractivity contribution >= 4 is 0 Å². The molecule has 0 saturated heterocycles. The van der Waals surface area contributed by atoms with Crippen molar-refractivity contribution in [2.24, 2.45) is 0 Å². The van der Waals surface area contributed by atoms with E-state index in [1.54, 1.807) is 6.08 Å². The molecular weight excluding hydrogens is 136 g/mol. The highest BCUT2D eigenvalue weighted by molar-refractivity contribution is 5.17. The largest absolute Gasteiger partial charge is 0.388 e. The van der Waals surface area contributed by atoms with Crippen molar-refractivity contribution in [2.75, 3.05) is 0 Å². The van der Waals surface area contributed by atoms with Crippen LogP contribution in [0, 0.1) is 0 Å². The van der Waals surface area contributed by atoms with Gasteiger partial charge in [0.25, 0.3) is 0 Å². The van der Waals surface area contributed by atoms with Gasteiger partial charge in [-0.05, 0) is 12.0 Å². The van der Waals surface area contributed by atoms with Crippen molar-refractivity contribution in [1.82, 2.24) is 0 Å². The molecule has 0 aliphatic rings. The number of benzene rings is 1. The van der Waals surface area contributed by atoms with Crippen molar-refractivity contribution < 1.29 is 6.48 Å². The summed E-state index contributed by atoms with van der Waals surface area (Å²) >= 11 is 0. The van der Waals surface area contributed by atoms with Crippen LogP contribution in [-0.4, -0.2) is 5.11 Å². The molecule has 1 rings (SSSR count). The smallest absolute Gasteiger partial charge is 0.0824 e. The lowest BCUT2D eigenvalue weighted by atomic mass is 10.1. The Hall–Kier alpha value is -1.08. The molecule has 0 aromatic heterocycles. The Kier molecular flexibility index (Phi) is 2.37. The maximum absolute atomic E-state index is 9.52. The monoisotopic (exact) mass is 149 g/mol. The molecule has 1 heteroatoms. The molecule has 0 aliphatic carbocycles. The first-order valence-electron chi connectivity index (χ1n) is 4.18. The Bertz CT molecular complexity index is 243. The summed E-state index contributed by atoms with van der Waals surface area (Å²) in [4.78, 5) is 0. The van der Waals surface area contributed by atoms with E-state index in [0.717, 1.165) is 5.56 Å². The molecule has 11 heavy (non-hydrogen) atoms. The summed E-state index contributed by atoms with van der Waals surface area (Å²) < 4.78 is 6.77. The zero-order chi connectivity index (χ0) is 8.81. The van der Waals surface area contributed by atoms with Gasteiger partial charge in [-0.25, -0.2) is 0 Å². The van der Waals surface area contributed by atoms with Crippen LogP contribution in [-0.2, 0) is 0 Å². The molecule has 1 N–H and O–H groups in total. The third-order valence-corrected chi connectivity index (χ3v) is 1.54. The normalized spacial score (nSPS) is 14.8. The molecule has 0 radical (unpaired) electrons. The van der Waals surface area contributed by atoms with Crippen LogP contribution in [0.5, 0.6) is 0 Å². The fourth-order valence-corrected chi connectivity index (χ4v) is 0.940. The van der Waals surface area contributed by atoms with Gasteiger partial charge in [0.2, 0.25) is 0 Å². The zero-order valence-corrected chi connectivity index (χ0v) is 6.27. The summed E-state index contributed by atoms with van der Waals surface area (Å²) in [6, 6.07) is 9.45. The molecule has 0 fully saturated rings. The molecular formula is C10H12O. The van der Waals surface area contributed by atoms with E-state index in [4.69, 9.17) is 1.37 Å². The van der Waals surface area contributed by atoms with Crippen LogP contribution in [0.25, 0.3) is 0 Å². The lowest BCUT2D eigenvalue weighted by Crippen LogP contribution is -1.93. The van der Waals surface area contributed by atoms with Crippen molar-refractivity contribution in [3.8, 4) is 0 Å². The molecule has 1 unspecified atom stereocenters. The second-order valence-electron chi connectivity index (χ2n) is 2.40. The summed E-state index contributed by atoms with van der Waals surface area (Å²) in [7, 11) is 0. The maximum Gasteiger partial charge on any atom is 0.0824 e. The number of rotatable bonds is 3. The predicted octanol–water partition coefficient (Wildman–Crippen LogP) is 2.30. The Morgan fingerprint density at radius 3 is 2.91 bits per heavy atom. The topological polar surface area (TPSA) is 20.2 Å². The minimum Gasteiger partial charge on any atom is -0.388 e. The van der Waals surface area contributed by atoms with Gasteiger partial charge in [0.05, 0.1) is 7.47 Å². The van der Waals surface area contributed by atoms with E-state index in [0.29, 0.717) is 6.42 Å². The maximum atomic E-state index is 9.52. The van der Waals surface area contributed by atoms with Gasteiger partial charge in [0.1, 0.15) is 0 Å². The Labute approximate surface area is 68.4 Å². The first-order chi connectivity index (χ1) is 5.84. The Morgan fingerprint density at radius 1 is 1.55 bits per heavy atom. The fourth-order valence-electron chi connectivity index (χ4n) is 0.940. The molecule has 0 aliphatic heterocycles. The average molecular weight is 149 g/mol. The number of hydrogen-bond acceptors (Lipinski definition) is 1. The predicted molar refractivity (Wildman–Crippen MR) is 46.2 cm³/mol. The Balaban J connectivity index is 2.59. The molecule has 0 heterocycles. The van der Waals surface area contributed by atoms with Crippen LogP contribution in [0.2, 0.25) is 0 Å². The van der Waals surface area contributed by atoms with E-state index in [1.807, 2.05) is 30.3 Å². The molecule has 58 valence electrons. The minimum absolute atomic E-state index is 0.479. The van der Waals surface area contributed by atoms with Gasteiger partial charge in [0, 0.05) is 0 Å². The van der Waals surface area contributed by atoms with Crippen molar-refractivity contribution in [1.29, 1.82) is 0 Å². The standard InChI is InChI=1S/C10H12O/c1-2-6-10(11)9-7-4-3-5-8-9/h2-5,7-8,10-11H,1,6H2/i1D. The summed E-state index contributed by atoms with van der Waals surface area (Å²) in [5, 5.41) is 9.52. The second-order valence-corrected chi connectivity index (χ2v) is 2.40. The van der Waals surface area contributed by atoms with Crippen molar-refractivity contribution in [3.05, 3.63) is 48.5 Å². The van der Waals surface area contributed by atoms with E-state index in [9.17, 15) is 5.11 Å². The molecule has 1 aromatic carbocycles. The van der Waals surface area contributed by atoms with Gasteiger partial charge in [0.15, 0.2) is 0 Å². The molecule has 0 bridgehead atoms. The SMILES string of the molecule is [2H]C=CCC(O)c1ccccc1. The quantitative estimate of drug-likeness (QED) is 0.654. The summed E-state index contributed by atoms with van der Waals surface area (Å²) in [5.41, 5.74) is 0.899. The van der Waals surface area contributed by atoms with Crippen molar-refractivity contribution in [3.63, 3.8) is 0 Å². The van der Waals surface area contributed by atoms with Crippen LogP contribution >= 0.6 is 0 Å². The summed E-state index contributed by atoms with van der Waals surface area (Å²) in [5.74, 6) is 0. The molecule has 0 saturated carbocycles. The van der Waals surface area contributed by atoms with Gasteiger partial charge in [-0.1, -0.05) is 36.4 Å². The van der Waals surface area contributed by atoms with Gasteiger partial charge in [-0.3, -0.25) is 0 Å². The van der Waals surface area contributed by atoms with E-state index < -0.39 is 6.10 Å². The van der Waals surface area contributed by atoms with Gasteiger partial charge >= 0.3 is 0 Å². The Morgan fingerprint density at radius 2 is 2.27 bits per heavy atom. The van der Waals surface area contributed by atoms with Gasteiger partial charge < -0.3 is 5.11 Å². The van der Waals surface area contributed by atoms with Crippen LogP contribution in [0.1, 0.15) is 19.5 Å². The second kappa shape index (κ2) is 3.94. The highest BCUT2D eigenvalue weighted by Gasteiger charge is 2.02. The van der Waals surface area contributed by atoms with Crippen LogP contribution in [0.4, 0.5) is 0 Å². The molecule has 1 aromatic rings. The highest BCUT2D eigenvalue weighted by atomic mass is 16.3. The lowest BCUT2D eigenvalue weighted by Gasteiger charge is -2.06. The van der Waals surface area contributed by atoms with Crippen molar-refractivity contribution in [2.45, 2.75) is 12.5 Å². The third-order valence-electron chi connectivity index (χ3n) is 1.54. The highest BCUT2D eigenvalue weighted by Crippen LogP contribution is 2.15. The number of aliphatic hydroxyl groups is 1. The van der Waals surface area contributed by atoms with E-state index in [1.165, 1.54) is 6.55 Å². The molecule has 0 spiro atoms. The van der Waals surface area contributed by atoms with Crippen LogP contribution in [0.3, 0.4) is 0 Å². The van der Waals surface area contributed by atoms with Gasteiger partial charge in [-0.2, -0.15) is 0 Å². The van der Waals surface area contributed by atoms with E-state index in [-0.39, 0.29) is 0 Å². The van der Waals surface area contributed by atoms with E-state index in [2.05, 4.69) is 0 Å². The number of aliphatic hydroxyl groups excluding tert-OH is 1. The molecule has 1 atom stereocenters. The van der Waals surface area contributed by atoms with Crippen LogP contribution in [0.15, 0.2) is 43.0 Å². The number of hydrogen-bond donors (Lipinski definition) is 1. The first kappa shape index (κ1) is 6.62. The lowest BCUT2D eigenvalue weighted by molar-refractivity contribution is 0.181. The summed E-state index contributed by atoms with van der Waals surface area (Å²) in [6.45, 7) is 1.20. The van der Waals surface area contributed by atoms with Gasteiger partial charge in [-0.15, -0.1) is 6.55 Å². The first-order valence-corrected chi connectivity index (χ1v) is 3.61. The average Bonchev–Trinajstić information content (AvgIpc) is 2.15. The van der Waals surface area contributed by atoms with Crippen LogP contribution < -0.4 is 0 Å². The summed E-state index contributed by atoms with van der Waals surface area (Å²) in [6.07, 6.45) is 1.67. The molecule has 0 amide bonds. The molecule has 1 nitrogen and oxygen atoms in total. The zero-order valence-electron chi connectivity index (χ0n) is 7.27.